The lowest BCUT2D eigenvalue weighted by atomic mass is 10.0. The predicted molar refractivity (Wildman–Crippen MR) is 325 cm³/mol. The zero-order chi connectivity index (χ0) is 54.3. The predicted octanol–water partition coefficient (Wildman–Crippen LogP) is 22.3. The first-order chi connectivity index (χ1) is 37.0. The smallest absolute Gasteiger partial charge is 0.306 e. The van der Waals surface area contributed by atoms with Gasteiger partial charge in [-0.25, -0.2) is 0 Å². The van der Waals surface area contributed by atoms with E-state index in [1.807, 2.05) is 0 Å². The molecule has 0 N–H and O–H groups in total. The molecule has 0 aliphatic heterocycles. The lowest BCUT2D eigenvalue weighted by molar-refractivity contribution is -0.167. The van der Waals surface area contributed by atoms with Crippen molar-refractivity contribution in [3.05, 3.63) is 60.8 Å². The molecule has 0 aromatic heterocycles. The summed E-state index contributed by atoms with van der Waals surface area (Å²) in [6.07, 6.45) is 80.8. The van der Waals surface area contributed by atoms with Crippen LogP contribution < -0.4 is 0 Å². The summed E-state index contributed by atoms with van der Waals surface area (Å²) in [5.41, 5.74) is 0. The Balaban J connectivity index is 4.34. The number of rotatable bonds is 60. The number of carbonyl (C=O) groups excluding carboxylic acids is 3. The zero-order valence-corrected chi connectivity index (χ0v) is 50.1. The molecule has 0 aliphatic rings. The van der Waals surface area contributed by atoms with Crippen molar-refractivity contribution in [2.24, 2.45) is 0 Å². The van der Waals surface area contributed by atoms with E-state index >= 15 is 0 Å². The quantitative estimate of drug-likeness (QED) is 0.0261. The summed E-state index contributed by atoms with van der Waals surface area (Å²) in [4.78, 5) is 38.3. The molecule has 6 heteroatoms. The molecule has 436 valence electrons. The maximum atomic E-state index is 12.9. The van der Waals surface area contributed by atoms with Gasteiger partial charge in [-0.05, 0) is 83.5 Å². The SMILES string of the molecule is CCCC/C=C\C/C=C\CCCCCCCC(=O)OCC(COC(=O)CCCCCCCCCCCCCCCCCCCCCCCC)OC(=O)CCCCCCCC/C=C\C/C=C\C/C=C\CCCCCCC. The second-order valence-corrected chi connectivity index (χ2v) is 22.0. The molecule has 0 bridgehead atoms. The maximum Gasteiger partial charge on any atom is 0.306 e. The van der Waals surface area contributed by atoms with Crippen LogP contribution in [-0.4, -0.2) is 37.2 Å². The van der Waals surface area contributed by atoms with Crippen LogP contribution in [0.4, 0.5) is 0 Å². The average molecular weight is 1050 g/mol. The molecule has 0 aliphatic carbocycles. The Morgan fingerprint density at radius 3 is 0.787 bits per heavy atom. The van der Waals surface area contributed by atoms with Crippen molar-refractivity contribution in [2.75, 3.05) is 13.2 Å². The van der Waals surface area contributed by atoms with Gasteiger partial charge in [0.15, 0.2) is 6.10 Å². The van der Waals surface area contributed by atoms with Crippen LogP contribution in [0.1, 0.15) is 342 Å². The lowest BCUT2D eigenvalue weighted by Gasteiger charge is -2.18. The first kappa shape index (κ1) is 72.1. The van der Waals surface area contributed by atoms with Crippen molar-refractivity contribution < 1.29 is 28.6 Å². The zero-order valence-electron chi connectivity index (χ0n) is 50.1. The lowest BCUT2D eigenvalue weighted by Crippen LogP contribution is -2.30. The number of unbranched alkanes of at least 4 members (excludes halogenated alkanes) is 39. The first-order valence-corrected chi connectivity index (χ1v) is 32.8. The van der Waals surface area contributed by atoms with Crippen LogP contribution in [-0.2, 0) is 28.6 Å². The standard InChI is InChI=1S/C69H124O6/c1-4-7-10-13-16-19-22-25-28-30-32-34-36-37-39-41-44-47-50-53-56-59-62-68(71)74-65-66(64-73-67(70)61-58-55-52-49-46-43-27-24-21-18-15-12-9-6-3)75-69(72)63-60-57-54-51-48-45-42-40-38-35-33-31-29-26-23-20-17-14-11-8-5-2/h15,18,23-24,26-27,31,33,38,40,66H,4-14,16-17,19-22,25,28-30,32,34-37,39,41-65H2,1-3H3/b18-15-,26-23-,27-24-,33-31-,40-38-. The van der Waals surface area contributed by atoms with Gasteiger partial charge in [-0.15, -0.1) is 0 Å². The van der Waals surface area contributed by atoms with Crippen molar-refractivity contribution >= 4 is 17.9 Å². The highest BCUT2D eigenvalue weighted by Gasteiger charge is 2.19. The average Bonchev–Trinajstić information content (AvgIpc) is 3.41. The van der Waals surface area contributed by atoms with Gasteiger partial charge >= 0.3 is 17.9 Å². The summed E-state index contributed by atoms with van der Waals surface area (Å²) in [5, 5.41) is 0. The number of ether oxygens (including phenoxy) is 3. The number of hydrogen-bond donors (Lipinski definition) is 0. The van der Waals surface area contributed by atoms with Gasteiger partial charge in [0, 0.05) is 19.3 Å². The van der Waals surface area contributed by atoms with Gasteiger partial charge in [0.25, 0.3) is 0 Å². The highest BCUT2D eigenvalue weighted by atomic mass is 16.6. The van der Waals surface area contributed by atoms with E-state index in [4.69, 9.17) is 14.2 Å². The third kappa shape index (κ3) is 61.8. The molecule has 0 heterocycles. The fourth-order valence-electron chi connectivity index (χ4n) is 9.53. The van der Waals surface area contributed by atoms with Crippen molar-refractivity contribution in [3.63, 3.8) is 0 Å². The molecule has 0 radical (unpaired) electrons. The van der Waals surface area contributed by atoms with E-state index in [1.54, 1.807) is 0 Å². The number of allylic oxidation sites excluding steroid dienone is 10. The number of esters is 3. The Bertz CT molecular complexity index is 1340. The van der Waals surface area contributed by atoms with E-state index < -0.39 is 6.10 Å². The number of hydrogen-bond acceptors (Lipinski definition) is 6. The third-order valence-corrected chi connectivity index (χ3v) is 14.5. The van der Waals surface area contributed by atoms with Gasteiger partial charge in [-0.3, -0.25) is 14.4 Å². The summed E-state index contributed by atoms with van der Waals surface area (Å²) in [6, 6.07) is 0. The molecule has 0 saturated heterocycles. The Hall–Kier alpha value is -2.89. The molecule has 0 saturated carbocycles. The summed E-state index contributed by atoms with van der Waals surface area (Å²) >= 11 is 0. The van der Waals surface area contributed by atoms with Crippen LogP contribution >= 0.6 is 0 Å². The minimum absolute atomic E-state index is 0.0812. The van der Waals surface area contributed by atoms with E-state index in [-0.39, 0.29) is 31.1 Å². The molecular weight excluding hydrogens is 925 g/mol. The third-order valence-electron chi connectivity index (χ3n) is 14.5. The van der Waals surface area contributed by atoms with Crippen LogP contribution in [0.15, 0.2) is 60.8 Å². The monoisotopic (exact) mass is 1050 g/mol. The van der Waals surface area contributed by atoms with Gasteiger partial charge < -0.3 is 14.2 Å². The van der Waals surface area contributed by atoms with E-state index in [9.17, 15) is 14.4 Å². The molecular formula is C69H124O6. The van der Waals surface area contributed by atoms with Gasteiger partial charge in [-0.2, -0.15) is 0 Å². The first-order valence-electron chi connectivity index (χ1n) is 32.8. The fourth-order valence-corrected chi connectivity index (χ4v) is 9.53. The van der Waals surface area contributed by atoms with E-state index in [1.165, 1.54) is 199 Å². The fraction of sp³-hybridized carbons (Fsp3) is 0.812. The minimum Gasteiger partial charge on any atom is -0.462 e. The molecule has 1 unspecified atom stereocenters. The summed E-state index contributed by atoms with van der Waals surface area (Å²) in [5.74, 6) is -0.890. The second-order valence-electron chi connectivity index (χ2n) is 22.0. The molecule has 0 amide bonds. The Morgan fingerprint density at radius 1 is 0.267 bits per heavy atom. The summed E-state index contributed by atoms with van der Waals surface area (Å²) in [7, 11) is 0. The molecule has 0 aromatic carbocycles. The molecule has 1 atom stereocenters. The molecule has 0 fully saturated rings. The summed E-state index contributed by atoms with van der Waals surface area (Å²) in [6.45, 7) is 6.62. The van der Waals surface area contributed by atoms with E-state index in [0.29, 0.717) is 19.3 Å². The van der Waals surface area contributed by atoms with Gasteiger partial charge in [0.2, 0.25) is 0 Å². The van der Waals surface area contributed by atoms with Crippen LogP contribution in [0.5, 0.6) is 0 Å². The second kappa shape index (κ2) is 63.6. The van der Waals surface area contributed by atoms with Crippen LogP contribution in [0.2, 0.25) is 0 Å². The van der Waals surface area contributed by atoms with Crippen LogP contribution in [0, 0.1) is 0 Å². The molecule has 6 nitrogen and oxygen atoms in total. The van der Waals surface area contributed by atoms with Crippen LogP contribution in [0.3, 0.4) is 0 Å². The number of carbonyl (C=O) groups is 3. The topological polar surface area (TPSA) is 78.9 Å². The molecule has 0 rings (SSSR count). The summed E-state index contributed by atoms with van der Waals surface area (Å²) < 4.78 is 16.9. The molecule has 0 aromatic rings. The molecule has 75 heavy (non-hydrogen) atoms. The van der Waals surface area contributed by atoms with E-state index in [0.717, 1.165) is 103 Å². The minimum atomic E-state index is -0.787. The van der Waals surface area contributed by atoms with Gasteiger partial charge in [0.05, 0.1) is 0 Å². The Kier molecular flexibility index (Phi) is 61.2. The largest absolute Gasteiger partial charge is 0.462 e. The normalized spacial score (nSPS) is 12.4. The van der Waals surface area contributed by atoms with Crippen molar-refractivity contribution in [1.29, 1.82) is 0 Å². The van der Waals surface area contributed by atoms with Gasteiger partial charge in [-0.1, -0.05) is 300 Å². The van der Waals surface area contributed by atoms with Gasteiger partial charge in [0.1, 0.15) is 13.2 Å². The Morgan fingerprint density at radius 2 is 0.493 bits per heavy atom. The van der Waals surface area contributed by atoms with Crippen molar-refractivity contribution in [3.8, 4) is 0 Å². The van der Waals surface area contributed by atoms with Crippen LogP contribution in [0.25, 0.3) is 0 Å². The highest BCUT2D eigenvalue weighted by Crippen LogP contribution is 2.17. The van der Waals surface area contributed by atoms with Crippen molar-refractivity contribution in [1.82, 2.24) is 0 Å². The molecule has 0 spiro atoms. The maximum absolute atomic E-state index is 12.9. The Labute approximate surface area is 466 Å². The highest BCUT2D eigenvalue weighted by molar-refractivity contribution is 5.71. The van der Waals surface area contributed by atoms with E-state index in [2.05, 4.69) is 81.5 Å². The van der Waals surface area contributed by atoms with Crippen molar-refractivity contribution in [2.45, 2.75) is 348 Å².